The Hall–Kier alpha value is -2.61. The van der Waals surface area contributed by atoms with E-state index in [9.17, 15) is 58.8 Å². The van der Waals surface area contributed by atoms with Crippen molar-refractivity contribution in [2.24, 2.45) is 0 Å². The number of amides is 1. The largest absolute Gasteiger partial charge is 0.441 e. The molecule has 0 aliphatic heterocycles. The van der Waals surface area contributed by atoms with Crippen LogP contribution < -0.4 is 5.32 Å². The number of nitro groups is 1. The summed E-state index contributed by atoms with van der Waals surface area (Å²) in [6.07, 6.45) is -19.2. The zero-order chi connectivity index (χ0) is 20.7. The van der Waals surface area contributed by atoms with Gasteiger partial charge in [-0.25, -0.2) is 4.39 Å². The number of alkyl halides is 10. The molecule has 0 radical (unpaired) electrons. The minimum absolute atomic E-state index is 0.0199. The third kappa shape index (κ3) is 3.80. The average Bonchev–Trinajstić information content (AvgIpc) is 2.42. The van der Waals surface area contributed by atoms with E-state index in [0.29, 0.717) is 5.32 Å². The summed E-state index contributed by atoms with van der Waals surface area (Å²) >= 11 is 0. The third-order valence-electron chi connectivity index (χ3n) is 2.86. The zero-order valence-electron chi connectivity index (χ0n) is 11.7. The molecule has 1 aromatic rings. The van der Waals surface area contributed by atoms with Crippen molar-refractivity contribution >= 4 is 17.3 Å². The highest BCUT2D eigenvalue weighted by Crippen LogP contribution is 2.47. The first-order valence-corrected chi connectivity index (χ1v) is 5.92. The Morgan fingerprint density at radius 2 is 1.38 bits per heavy atom. The SMILES string of the molecule is O=C(Nc1ccc([N+](=O)[O-])cc1C(F)(F)F)C(F)(C(F)(F)F)C(F)(F)F. The summed E-state index contributed by atoms with van der Waals surface area (Å²) in [5.74, 6) is -3.49. The van der Waals surface area contributed by atoms with E-state index in [0.717, 1.165) is 0 Å². The van der Waals surface area contributed by atoms with Gasteiger partial charge in [0.15, 0.2) is 0 Å². The molecule has 1 rings (SSSR count). The van der Waals surface area contributed by atoms with Gasteiger partial charge < -0.3 is 5.32 Å². The quantitative estimate of drug-likeness (QED) is 0.463. The summed E-state index contributed by atoms with van der Waals surface area (Å²) < 4.78 is 126. The van der Waals surface area contributed by atoms with Gasteiger partial charge in [-0.15, -0.1) is 0 Å². The standard InChI is InChI=1S/C11H4F10N2O3/c12-8(10(16,17)18,11(19,20)21)7(24)22-6-2-1-4(23(25)26)3-5(6)9(13,14)15/h1-3H,(H,22,24). The monoisotopic (exact) mass is 402 g/mol. The molecule has 0 aromatic heterocycles. The van der Waals surface area contributed by atoms with Crippen LogP contribution in [0.15, 0.2) is 18.2 Å². The van der Waals surface area contributed by atoms with Gasteiger partial charge in [0.25, 0.3) is 11.6 Å². The van der Waals surface area contributed by atoms with E-state index in [1.807, 2.05) is 0 Å². The molecule has 0 aliphatic rings. The van der Waals surface area contributed by atoms with Gasteiger partial charge in [0.2, 0.25) is 0 Å². The van der Waals surface area contributed by atoms with Crippen molar-refractivity contribution in [2.75, 3.05) is 5.32 Å². The zero-order valence-corrected chi connectivity index (χ0v) is 11.7. The molecule has 0 spiro atoms. The Morgan fingerprint density at radius 1 is 0.923 bits per heavy atom. The van der Waals surface area contributed by atoms with Crippen molar-refractivity contribution < 1.29 is 53.6 Å². The lowest BCUT2D eigenvalue weighted by Gasteiger charge is -2.28. The molecular weight excluding hydrogens is 398 g/mol. The van der Waals surface area contributed by atoms with Crippen LogP contribution in [0.1, 0.15) is 5.56 Å². The normalized spacial score (nSPS) is 13.5. The number of nitrogens with one attached hydrogen (secondary N) is 1. The maximum absolute atomic E-state index is 13.5. The summed E-state index contributed by atoms with van der Waals surface area (Å²) in [5.41, 5.74) is -11.6. The summed E-state index contributed by atoms with van der Waals surface area (Å²) in [6, 6.07) is 0.0225. The van der Waals surface area contributed by atoms with Crippen LogP contribution in [0.4, 0.5) is 55.3 Å². The molecule has 0 heterocycles. The molecular formula is C11H4F10N2O3. The third-order valence-corrected chi connectivity index (χ3v) is 2.86. The molecule has 0 bridgehead atoms. The van der Waals surface area contributed by atoms with Gasteiger partial charge >= 0.3 is 24.2 Å². The highest BCUT2D eigenvalue weighted by atomic mass is 19.4. The molecule has 1 amide bonds. The van der Waals surface area contributed by atoms with Crippen molar-refractivity contribution in [3.05, 3.63) is 33.9 Å². The van der Waals surface area contributed by atoms with Crippen molar-refractivity contribution in [2.45, 2.75) is 24.2 Å². The van der Waals surface area contributed by atoms with E-state index in [-0.39, 0.29) is 18.2 Å². The van der Waals surface area contributed by atoms with Crippen molar-refractivity contribution in [3.63, 3.8) is 0 Å². The molecule has 0 aliphatic carbocycles. The van der Waals surface area contributed by atoms with Gasteiger partial charge in [0, 0.05) is 12.1 Å². The number of nitrogens with zero attached hydrogens (tertiary/aromatic N) is 1. The molecule has 1 N–H and O–H groups in total. The van der Waals surface area contributed by atoms with Crippen molar-refractivity contribution in [1.82, 2.24) is 0 Å². The molecule has 0 saturated heterocycles. The molecule has 0 atom stereocenters. The minimum Gasteiger partial charge on any atom is -0.322 e. The van der Waals surface area contributed by atoms with Gasteiger partial charge in [-0.2, -0.15) is 39.5 Å². The first kappa shape index (κ1) is 21.4. The molecule has 1 aromatic carbocycles. The number of benzene rings is 1. The number of nitro benzene ring substituents is 1. The van der Waals surface area contributed by atoms with Gasteiger partial charge in [0.1, 0.15) is 0 Å². The number of carbonyl (C=O) groups excluding carboxylic acids is 1. The average molecular weight is 402 g/mol. The summed E-state index contributed by atoms with van der Waals surface area (Å²) in [7, 11) is 0. The van der Waals surface area contributed by atoms with Crippen molar-refractivity contribution in [1.29, 1.82) is 0 Å². The molecule has 15 heteroatoms. The minimum atomic E-state index is -6.84. The number of hydrogen-bond donors (Lipinski definition) is 1. The Balaban J connectivity index is 3.46. The van der Waals surface area contributed by atoms with Crippen LogP contribution >= 0.6 is 0 Å². The fourth-order valence-electron chi connectivity index (χ4n) is 1.62. The fraction of sp³-hybridized carbons (Fsp3) is 0.364. The van der Waals surface area contributed by atoms with Crippen LogP contribution in [0.5, 0.6) is 0 Å². The topological polar surface area (TPSA) is 72.2 Å². The molecule has 0 saturated carbocycles. The second-order valence-corrected chi connectivity index (χ2v) is 4.59. The molecule has 0 fully saturated rings. The van der Waals surface area contributed by atoms with E-state index in [1.54, 1.807) is 0 Å². The van der Waals surface area contributed by atoms with E-state index in [1.165, 1.54) is 0 Å². The summed E-state index contributed by atoms with van der Waals surface area (Å²) in [6.45, 7) is 0. The smallest absolute Gasteiger partial charge is 0.322 e. The van der Waals surface area contributed by atoms with Crippen LogP contribution in [0.25, 0.3) is 0 Å². The molecule has 146 valence electrons. The van der Waals surface area contributed by atoms with Gasteiger partial charge in [-0.1, -0.05) is 0 Å². The molecule has 26 heavy (non-hydrogen) atoms. The Labute approximate surface area is 135 Å². The number of rotatable bonds is 3. The lowest BCUT2D eigenvalue weighted by atomic mass is 10.0. The van der Waals surface area contributed by atoms with E-state index < -0.39 is 52.0 Å². The number of non-ortho nitro benzene ring substituents is 1. The first-order valence-electron chi connectivity index (χ1n) is 5.92. The Kier molecular flexibility index (Phi) is 5.18. The number of carbonyl (C=O) groups is 1. The van der Waals surface area contributed by atoms with Crippen LogP contribution in [0.2, 0.25) is 0 Å². The van der Waals surface area contributed by atoms with E-state index >= 15 is 0 Å². The highest BCUT2D eigenvalue weighted by molar-refractivity contribution is 5.99. The highest BCUT2D eigenvalue weighted by Gasteiger charge is 2.77. The lowest BCUT2D eigenvalue weighted by Crippen LogP contribution is -2.61. The Morgan fingerprint density at radius 3 is 1.73 bits per heavy atom. The predicted octanol–water partition coefficient (Wildman–Crippen LogP) is 4.39. The Bertz CT molecular complexity index is 708. The van der Waals surface area contributed by atoms with Gasteiger partial charge in [-0.3, -0.25) is 14.9 Å². The van der Waals surface area contributed by atoms with Crippen LogP contribution in [0.3, 0.4) is 0 Å². The maximum atomic E-state index is 13.5. The van der Waals surface area contributed by atoms with Crippen LogP contribution in [0, 0.1) is 10.1 Å². The van der Waals surface area contributed by atoms with Gasteiger partial charge in [0.05, 0.1) is 16.2 Å². The number of halogens is 10. The first-order chi connectivity index (χ1) is 11.4. The van der Waals surface area contributed by atoms with Crippen LogP contribution in [-0.4, -0.2) is 28.9 Å². The molecule has 5 nitrogen and oxygen atoms in total. The number of hydrogen-bond acceptors (Lipinski definition) is 3. The predicted molar refractivity (Wildman–Crippen MR) is 62.7 cm³/mol. The van der Waals surface area contributed by atoms with Gasteiger partial charge in [-0.05, 0) is 6.07 Å². The second-order valence-electron chi connectivity index (χ2n) is 4.59. The summed E-state index contributed by atoms with van der Waals surface area (Å²) in [5, 5.41) is 11.0. The van der Waals surface area contributed by atoms with E-state index in [4.69, 9.17) is 0 Å². The fourth-order valence-corrected chi connectivity index (χ4v) is 1.62. The van der Waals surface area contributed by atoms with E-state index in [2.05, 4.69) is 0 Å². The van der Waals surface area contributed by atoms with Crippen LogP contribution in [-0.2, 0) is 11.0 Å². The maximum Gasteiger partial charge on any atom is 0.441 e. The number of anilines is 1. The van der Waals surface area contributed by atoms with Crippen molar-refractivity contribution in [3.8, 4) is 0 Å². The summed E-state index contributed by atoms with van der Waals surface area (Å²) in [4.78, 5) is 20.3. The lowest BCUT2D eigenvalue weighted by molar-refractivity contribution is -0.385. The second kappa shape index (κ2) is 6.28. The molecule has 0 unspecified atom stereocenters.